The zero-order valence-corrected chi connectivity index (χ0v) is 8.53. The first-order valence-electron chi connectivity index (χ1n) is 5.04. The first-order valence-corrected chi connectivity index (χ1v) is 5.04. The Morgan fingerprint density at radius 1 is 1.54 bits per heavy atom. The topological polar surface area (TPSA) is 43.8 Å². The normalized spacial score (nSPS) is 13.1. The van der Waals surface area contributed by atoms with Gasteiger partial charge in [-0.05, 0) is 19.4 Å². The monoisotopic (exact) mass is 181 g/mol. The maximum absolute atomic E-state index is 5.75. The van der Waals surface area contributed by atoms with Crippen LogP contribution in [0, 0.1) is 0 Å². The molecule has 0 amide bonds. The molecule has 1 aromatic rings. The minimum absolute atomic E-state index is 0.432. The standard InChI is InChI=1S/C10H19N3/c1-3-4-5-6-9(2)13-10(11)7-8-12-13/h7-9H,3-6,11H2,1-2H3. The van der Waals surface area contributed by atoms with Crippen LogP contribution in [0.1, 0.15) is 45.6 Å². The van der Waals surface area contributed by atoms with E-state index in [9.17, 15) is 0 Å². The summed E-state index contributed by atoms with van der Waals surface area (Å²) in [5.41, 5.74) is 5.75. The highest BCUT2D eigenvalue weighted by atomic mass is 15.3. The Morgan fingerprint density at radius 2 is 2.31 bits per heavy atom. The van der Waals surface area contributed by atoms with Crippen LogP contribution < -0.4 is 5.73 Å². The number of aromatic nitrogens is 2. The van der Waals surface area contributed by atoms with E-state index in [1.165, 1.54) is 25.7 Å². The van der Waals surface area contributed by atoms with E-state index in [0.29, 0.717) is 6.04 Å². The summed E-state index contributed by atoms with van der Waals surface area (Å²) in [4.78, 5) is 0. The van der Waals surface area contributed by atoms with Crippen molar-refractivity contribution in [2.75, 3.05) is 5.73 Å². The van der Waals surface area contributed by atoms with Crippen molar-refractivity contribution in [1.29, 1.82) is 0 Å². The average molecular weight is 181 g/mol. The fourth-order valence-corrected chi connectivity index (χ4v) is 1.50. The second-order valence-corrected chi connectivity index (χ2v) is 3.55. The Labute approximate surface area is 79.9 Å². The van der Waals surface area contributed by atoms with Gasteiger partial charge in [-0.3, -0.25) is 0 Å². The molecule has 0 aliphatic heterocycles. The summed E-state index contributed by atoms with van der Waals surface area (Å²) in [6, 6.07) is 2.28. The van der Waals surface area contributed by atoms with E-state index in [0.717, 1.165) is 5.82 Å². The van der Waals surface area contributed by atoms with E-state index >= 15 is 0 Å². The van der Waals surface area contributed by atoms with Gasteiger partial charge in [0.1, 0.15) is 5.82 Å². The quantitative estimate of drug-likeness (QED) is 0.709. The predicted molar refractivity (Wildman–Crippen MR) is 55.5 cm³/mol. The minimum Gasteiger partial charge on any atom is -0.384 e. The van der Waals surface area contributed by atoms with Crippen LogP contribution in [0.2, 0.25) is 0 Å². The maximum Gasteiger partial charge on any atom is 0.121 e. The van der Waals surface area contributed by atoms with Gasteiger partial charge >= 0.3 is 0 Å². The van der Waals surface area contributed by atoms with Crippen LogP contribution in [0.15, 0.2) is 12.3 Å². The molecule has 1 rings (SSSR count). The molecule has 0 spiro atoms. The fourth-order valence-electron chi connectivity index (χ4n) is 1.50. The number of nitrogens with zero attached hydrogens (tertiary/aromatic N) is 2. The van der Waals surface area contributed by atoms with Gasteiger partial charge in [0.05, 0.1) is 12.2 Å². The van der Waals surface area contributed by atoms with Crippen molar-refractivity contribution in [1.82, 2.24) is 9.78 Å². The summed E-state index contributed by atoms with van der Waals surface area (Å²) in [6.07, 6.45) is 6.75. The van der Waals surface area contributed by atoms with Gasteiger partial charge in [0.2, 0.25) is 0 Å². The summed E-state index contributed by atoms with van der Waals surface area (Å²) in [6.45, 7) is 4.38. The van der Waals surface area contributed by atoms with Crippen molar-refractivity contribution >= 4 is 5.82 Å². The van der Waals surface area contributed by atoms with E-state index in [-0.39, 0.29) is 0 Å². The molecule has 1 unspecified atom stereocenters. The van der Waals surface area contributed by atoms with E-state index in [2.05, 4.69) is 18.9 Å². The smallest absolute Gasteiger partial charge is 0.121 e. The van der Waals surface area contributed by atoms with E-state index in [4.69, 9.17) is 5.73 Å². The average Bonchev–Trinajstić information content (AvgIpc) is 2.52. The number of hydrogen-bond acceptors (Lipinski definition) is 2. The first-order chi connectivity index (χ1) is 6.25. The Hall–Kier alpha value is -0.990. The third kappa shape index (κ3) is 2.76. The number of hydrogen-bond donors (Lipinski definition) is 1. The number of unbranched alkanes of at least 4 members (excludes halogenated alkanes) is 2. The van der Waals surface area contributed by atoms with E-state index in [1.54, 1.807) is 6.20 Å². The molecule has 13 heavy (non-hydrogen) atoms. The van der Waals surface area contributed by atoms with Gasteiger partial charge in [-0.2, -0.15) is 5.10 Å². The zero-order valence-electron chi connectivity index (χ0n) is 8.53. The fraction of sp³-hybridized carbons (Fsp3) is 0.700. The van der Waals surface area contributed by atoms with Crippen LogP contribution in [0.25, 0.3) is 0 Å². The molecule has 0 fully saturated rings. The number of nitrogen functional groups attached to an aromatic ring is 1. The lowest BCUT2D eigenvalue weighted by atomic mass is 10.1. The van der Waals surface area contributed by atoms with Crippen LogP contribution >= 0.6 is 0 Å². The number of rotatable bonds is 5. The van der Waals surface area contributed by atoms with Gasteiger partial charge in [-0.1, -0.05) is 26.2 Å². The Morgan fingerprint density at radius 3 is 2.85 bits per heavy atom. The molecular weight excluding hydrogens is 162 g/mol. The Balaban J connectivity index is 2.39. The van der Waals surface area contributed by atoms with Crippen molar-refractivity contribution < 1.29 is 0 Å². The summed E-state index contributed by atoms with van der Waals surface area (Å²) in [5, 5.41) is 4.19. The molecule has 74 valence electrons. The molecule has 1 heterocycles. The molecule has 0 aromatic carbocycles. The largest absolute Gasteiger partial charge is 0.384 e. The highest BCUT2D eigenvalue weighted by molar-refractivity contribution is 5.26. The molecule has 0 aliphatic rings. The molecule has 2 N–H and O–H groups in total. The molecule has 0 radical (unpaired) electrons. The highest BCUT2D eigenvalue weighted by Crippen LogP contribution is 2.17. The molecule has 0 aliphatic carbocycles. The van der Waals surface area contributed by atoms with E-state index < -0.39 is 0 Å². The van der Waals surface area contributed by atoms with Crippen molar-refractivity contribution in [2.45, 2.75) is 45.6 Å². The van der Waals surface area contributed by atoms with Crippen LogP contribution in [0.4, 0.5) is 5.82 Å². The predicted octanol–water partition coefficient (Wildman–Crippen LogP) is 2.61. The summed E-state index contributed by atoms with van der Waals surface area (Å²) >= 11 is 0. The van der Waals surface area contributed by atoms with Gasteiger partial charge in [0.25, 0.3) is 0 Å². The van der Waals surface area contributed by atoms with Gasteiger partial charge in [0, 0.05) is 0 Å². The lowest BCUT2D eigenvalue weighted by molar-refractivity contribution is 0.444. The van der Waals surface area contributed by atoms with Crippen molar-refractivity contribution in [2.24, 2.45) is 0 Å². The van der Waals surface area contributed by atoms with Crippen molar-refractivity contribution in [3.8, 4) is 0 Å². The van der Waals surface area contributed by atoms with Crippen LogP contribution in [-0.2, 0) is 0 Å². The molecule has 1 aromatic heterocycles. The lowest BCUT2D eigenvalue weighted by Crippen LogP contribution is -2.09. The van der Waals surface area contributed by atoms with Gasteiger partial charge in [0.15, 0.2) is 0 Å². The lowest BCUT2D eigenvalue weighted by Gasteiger charge is -2.13. The molecular formula is C10H19N3. The van der Waals surface area contributed by atoms with Crippen LogP contribution in [0.3, 0.4) is 0 Å². The SMILES string of the molecule is CCCCCC(C)n1nccc1N. The molecule has 0 saturated carbocycles. The van der Waals surface area contributed by atoms with Crippen LogP contribution in [0.5, 0.6) is 0 Å². The Kier molecular flexibility index (Phi) is 3.80. The third-order valence-electron chi connectivity index (χ3n) is 2.34. The molecule has 0 bridgehead atoms. The molecule has 0 saturated heterocycles. The van der Waals surface area contributed by atoms with Crippen molar-refractivity contribution in [3.63, 3.8) is 0 Å². The Bertz CT molecular complexity index is 242. The van der Waals surface area contributed by atoms with E-state index in [1.807, 2.05) is 10.7 Å². The van der Waals surface area contributed by atoms with Crippen LogP contribution in [-0.4, -0.2) is 9.78 Å². The molecule has 3 nitrogen and oxygen atoms in total. The number of nitrogens with two attached hydrogens (primary N) is 1. The summed E-state index contributed by atoms with van der Waals surface area (Å²) < 4.78 is 1.90. The third-order valence-corrected chi connectivity index (χ3v) is 2.34. The summed E-state index contributed by atoms with van der Waals surface area (Å²) in [7, 11) is 0. The second-order valence-electron chi connectivity index (χ2n) is 3.55. The highest BCUT2D eigenvalue weighted by Gasteiger charge is 2.06. The van der Waals surface area contributed by atoms with Crippen molar-refractivity contribution in [3.05, 3.63) is 12.3 Å². The number of anilines is 1. The van der Waals surface area contributed by atoms with Gasteiger partial charge in [-0.15, -0.1) is 0 Å². The minimum atomic E-state index is 0.432. The first kappa shape index (κ1) is 10.1. The molecule has 1 atom stereocenters. The second kappa shape index (κ2) is 4.90. The van der Waals surface area contributed by atoms with Gasteiger partial charge in [-0.25, -0.2) is 4.68 Å². The van der Waals surface area contributed by atoms with Gasteiger partial charge < -0.3 is 5.73 Å². The zero-order chi connectivity index (χ0) is 9.68. The maximum atomic E-state index is 5.75. The summed E-state index contributed by atoms with van der Waals surface area (Å²) in [5.74, 6) is 0.768. The molecule has 3 heteroatoms.